The Labute approximate surface area is 212 Å². The third-order valence-electron chi connectivity index (χ3n) is 10.1. The van der Waals surface area contributed by atoms with Crippen LogP contribution in [0.25, 0.3) is 0 Å². The predicted molar refractivity (Wildman–Crippen MR) is 131 cm³/mol. The molecule has 0 spiro atoms. The molecule has 6 atom stereocenters. The van der Waals surface area contributed by atoms with Crippen LogP contribution in [-0.4, -0.2) is 40.7 Å². The van der Waals surface area contributed by atoms with Gasteiger partial charge in [0.1, 0.15) is 0 Å². The fourth-order valence-corrected chi connectivity index (χ4v) is 8.22. The van der Waals surface area contributed by atoms with Crippen molar-refractivity contribution >= 4 is 23.5 Å². The van der Waals surface area contributed by atoms with Crippen molar-refractivity contribution < 1.29 is 28.7 Å². The molecule has 7 heteroatoms. The summed E-state index contributed by atoms with van der Waals surface area (Å²) in [6, 6.07) is 3.29. The molecule has 3 saturated carbocycles. The van der Waals surface area contributed by atoms with E-state index < -0.39 is 29.6 Å². The molecule has 0 radical (unpaired) electrons. The lowest BCUT2D eigenvalue weighted by atomic mass is 9.46. The Morgan fingerprint density at radius 2 is 1.83 bits per heavy atom. The van der Waals surface area contributed by atoms with E-state index in [9.17, 15) is 19.2 Å². The lowest BCUT2D eigenvalue weighted by Gasteiger charge is -2.59. The number of carbonyl (C=O) groups excluding carboxylic acids is 4. The number of nitrogens with zero attached hydrogens (tertiary/aromatic N) is 1. The Morgan fingerprint density at radius 1 is 1.06 bits per heavy atom. The average Bonchev–Trinajstić information content (AvgIpc) is 3.16. The minimum absolute atomic E-state index is 0.0114. The zero-order valence-corrected chi connectivity index (χ0v) is 21.4. The number of hydrogen-bond acceptors (Lipinski definition) is 7. The molecule has 0 N–H and O–H groups in total. The van der Waals surface area contributed by atoms with Crippen LogP contribution >= 0.6 is 0 Å². The quantitative estimate of drug-likeness (QED) is 0.551. The van der Waals surface area contributed by atoms with Gasteiger partial charge in [-0.25, -0.2) is 4.79 Å². The highest BCUT2D eigenvalue weighted by Gasteiger charge is 2.68. The summed E-state index contributed by atoms with van der Waals surface area (Å²) in [5.74, 6) is -0.183. The summed E-state index contributed by atoms with van der Waals surface area (Å²) in [4.78, 5) is 54.7. The highest BCUT2D eigenvalue weighted by molar-refractivity contribution is 5.96. The van der Waals surface area contributed by atoms with Crippen molar-refractivity contribution in [1.82, 2.24) is 4.98 Å². The number of ether oxygens (including phenoxy) is 2. The molecule has 4 aliphatic rings. The van der Waals surface area contributed by atoms with Gasteiger partial charge in [-0.2, -0.15) is 0 Å². The van der Waals surface area contributed by atoms with Gasteiger partial charge >= 0.3 is 11.9 Å². The second-order valence-electron chi connectivity index (χ2n) is 11.6. The molecule has 3 fully saturated rings. The van der Waals surface area contributed by atoms with Gasteiger partial charge in [0.05, 0.1) is 5.56 Å². The van der Waals surface area contributed by atoms with Gasteiger partial charge in [-0.05, 0) is 86.3 Å². The average molecular weight is 494 g/mol. The summed E-state index contributed by atoms with van der Waals surface area (Å²) in [5.41, 5.74) is -0.320. The largest absolute Gasteiger partial charge is 0.458 e. The molecule has 0 amide bonds. The molecule has 36 heavy (non-hydrogen) atoms. The Hall–Kier alpha value is -2.83. The van der Waals surface area contributed by atoms with Crippen molar-refractivity contribution in [2.24, 2.45) is 28.6 Å². The van der Waals surface area contributed by atoms with Gasteiger partial charge in [0.25, 0.3) is 0 Å². The normalized spacial score (nSPS) is 37.1. The minimum atomic E-state index is -1.36. The number of aromatic nitrogens is 1. The van der Waals surface area contributed by atoms with E-state index in [1.54, 1.807) is 18.3 Å². The van der Waals surface area contributed by atoms with E-state index >= 15 is 0 Å². The standard InChI is InChI=1S/C29H35NO6/c1-18(31)35-17-25(33)29(36-26(34)19-5-4-14-30-16-19)13-10-24-22-7-6-20-15-21(32)8-11-27(20,2)23(22)9-12-28(24,29)3/h4-5,14-16,22-24H,6-13,17H2,1-3H3/t22?,23?,24?,27-,28-,29-/m0/s1. The maximum atomic E-state index is 13.8. The monoisotopic (exact) mass is 493 g/mol. The molecular weight excluding hydrogens is 458 g/mol. The van der Waals surface area contributed by atoms with Gasteiger partial charge in [0.15, 0.2) is 18.0 Å². The maximum absolute atomic E-state index is 13.8. The van der Waals surface area contributed by atoms with Gasteiger partial charge in [0.2, 0.25) is 5.78 Å². The number of Topliss-reactive ketones (excluding diaryl/α,β-unsaturated/α-hetero) is 1. The van der Waals surface area contributed by atoms with Gasteiger partial charge in [0, 0.05) is 31.2 Å². The van der Waals surface area contributed by atoms with Gasteiger partial charge in [-0.15, -0.1) is 0 Å². The molecule has 0 saturated heterocycles. The van der Waals surface area contributed by atoms with Crippen molar-refractivity contribution in [3.63, 3.8) is 0 Å². The molecule has 0 aliphatic heterocycles. The van der Waals surface area contributed by atoms with Crippen molar-refractivity contribution in [2.75, 3.05) is 6.61 Å². The number of esters is 2. The molecule has 1 heterocycles. The van der Waals surface area contributed by atoms with E-state index in [2.05, 4.69) is 18.8 Å². The van der Waals surface area contributed by atoms with Crippen LogP contribution in [0.15, 0.2) is 36.2 Å². The van der Waals surface area contributed by atoms with E-state index in [1.807, 2.05) is 6.08 Å². The minimum Gasteiger partial charge on any atom is -0.458 e. The van der Waals surface area contributed by atoms with Crippen LogP contribution in [0.5, 0.6) is 0 Å². The van der Waals surface area contributed by atoms with Crippen LogP contribution in [0, 0.1) is 28.6 Å². The first-order valence-corrected chi connectivity index (χ1v) is 13.1. The number of allylic oxidation sites excluding steroid dienone is 1. The second-order valence-corrected chi connectivity index (χ2v) is 11.6. The lowest BCUT2D eigenvalue weighted by molar-refractivity contribution is -0.170. The second kappa shape index (κ2) is 8.93. The maximum Gasteiger partial charge on any atom is 0.340 e. The number of carbonyl (C=O) groups is 4. The summed E-state index contributed by atoms with van der Waals surface area (Å²) in [5, 5.41) is 0. The van der Waals surface area contributed by atoms with Crippen molar-refractivity contribution in [1.29, 1.82) is 0 Å². The Kier molecular flexibility index (Phi) is 6.16. The zero-order chi connectivity index (χ0) is 25.7. The smallest absolute Gasteiger partial charge is 0.340 e. The number of fused-ring (bicyclic) bond motifs is 5. The molecule has 0 bridgehead atoms. The fourth-order valence-electron chi connectivity index (χ4n) is 8.22. The summed E-state index contributed by atoms with van der Waals surface area (Å²) in [6.45, 7) is 5.29. The van der Waals surface area contributed by atoms with Crippen LogP contribution in [-0.2, 0) is 23.9 Å². The molecule has 4 aliphatic carbocycles. The summed E-state index contributed by atoms with van der Waals surface area (Å²) in [7, 11) is 0. The third-order valence-corrected chi connectivity index (χ3v) is 10.1. The van der Waals surface area contributed by atoms with Crippen molar-refractivity contribution in [2.45, 2.75) is 77.7 Å². The van der Waals surface area contributed by atoms with Crippen LogP contribution in [0.3, 0.4) is 0 Å². The van der Waals surface area contributed by atoms with Crippen LogP contribution in [0.1, 0.15) is 82.5 Å². The van der Waals surface area contributed by atoms with Crippen LogP contribution < -0.4 is 0 Å². The summed E-state index contributed by atoms with van der Waals surface area (Å²) in [6.07, 6.45) is 11.1. The highest BCUT2D eigenvalue weighted by atomic mass is 16.6. The number of pyridine rings is 1. The van der Waals surface area contributed by atoms with Crippen LogP contribution in [0.4, 0.5) is 0 Å². The number of hydrogen-bond donors (Lipinski definition) is 0. The Bertz CT molecular complexity index is 1130. The SMILES string of the molecule is CC(=O)OCC(=O)[C@@]1(OC(=O)c2cccnc2)CCC2C3CCC4=CC(=O)CC[C@]4(C)C3CC[C@@]21C. The number of ketones is 2. The summed E-state index contributed by atoms with van der Waals surface area (Å²) < 4.78 is 11.3. The summed E-state index contributed by atoms with van der Waals surface area (Å²) >= 11 is 0. The topological polar surface area (TPSA) is 99.6 Å². The van der Waals surface area contributed by atoms with E-state index in [0.29, 0.717) is 30.2 Å². The first-order chi connectivity index (χ1) is 17.1. The first kappa shape index (κ1) is 24.8. The van der Waals surface area contributed by atoms with E-state index in [4.69, 9.17) is 9.47 Å². The fraction of sp³-hybridized carbons (Fsp3) is 0.621. The molecule has 1 aromatic rings. The highest BCUT2D eigenvalue weighted by Crippen LogP contribution is 2.68. The molecule has 192 valence electrons. The third kappa shape index (κ3) is 3.73. The predicted octanol–water partition coefficient (Wildman–Crippen LogP) is 4.64. The molecule has 5 rings (SSSR count). The van der Waals surface area contributed by atoms with Gasteiger partial charge in [-0.1, -0.05) is 19.4 Å². The van der Waals surface area contributed by atoms with Crippen molar-refractivity contribution in [3.8, 4) is 0 Å². The molecule has 7 nitrogen and oxygen atoms in total. The Balaban J connectivity index is 1.49. The molecule has 0 aromatic carbocycles. The van der Waals surface area contributed by atoms with Crippen LogP contribution in [0.2, 0.25) is 0 Å². The van der Waals surface area contributed by atoms with Gasteiger partial charge in [-0.3, -0.25) is 19.4 Å². The number of rotatable bonds is 5. The van der Waals surface area contributed by atoms with E-state index in [-0.39, 0.29) is 22.9 Å². The lowest BCUT2D eigenvalue weighted by Crippen LogP contribution is -2.60. The first-order valence-electron chi connectivity index (χ1n) is 13.1. The molecular formula is C29H35NO6. The molecule has 1 aromatic heterocycles. The zero-order valence-electron chi connectivity index (χ0n) is 21.4. The van der Waals surface area contributed by atoms with E-state index in [1.165, 1.54) is 18.7 Å². The van der Waals surface area contributed by atoms with E-state index in [0.717, 1.165) is 38.5 Å². The molecule has 3 unspecified atom stereocenters. The van der Waals surface area contributed by atoms with Crippen molar-refractivity contribution in [3.05, 3.63) is 41.7 Å². The Morgan fingerprint density at radius 3 is 2.56 bits per heavy atom. The van der Waals surface area contributed by atoms with Gasteiger partial charge < -0.3 is 9.47 Å².